The minimum Gasteiger partial charge on any atom is -0.370 e. The van der Waals surface area contributed by atoms with Crippen molar-refractivity contribution < 1.29 is 18.0 Å². The summed E-state index contributed by atoms with van der Waals surface area (Å²) in [6.07, 6.45) is -1.43. The van der Waals surface area contributed by atoms with Crippen LogP contribution in [0.5, 0.6) is 0 Å². The van der Waals surface area contributed by atoms with Crippen LogP contribution in [0.15, 0.2) is 36.4 Å². The number of alkyl halides is 3. The number of carbonyl (C=O) groups is 1. The van der Waals surface area contributed by atoms with Gasteiger partial charge in [-0.3, -0.25) is 4.79 Å². The maximum absolute atomic E-state index is 13.2. The second-order valence-electron chi connectivity index (χ2n) is 6.70. The van der Waals surface area contributed by atoms with E-state index in [2.05, 4.69) is 5.32 Å². The molecule has 1 heterocycles. The molecule has 1 fully saturated rings. The van der Waals surface area contributed by atoms with Gasteiger partial charge in [0.15, 0.2) is 0 Å². The number of aryl methyl sites for hydroxylation is 1. The first-order chi connectivity index (χ1) is 12.8. The van der Waals surface area contributed by atoms with Gasteiger partial charge in [0, 0.05) is 23.7 Å². The summed E-state index contributed by atoms with van der Waals surface area (Å²) in [4.78, 5) is 14.6. The number of anilines is 2. The van der Waals surface area contributed by atoms with Crippen molar-refractivity contribution in [3.63, 3.8) is 0 Å². The molecule has 3 rings (SSSR count). The quantitative estimate of drug-likeness (QED) is 0.699. The fourth-order valence-electron chi connectivity index (χ4n) is 3.15. The van der Waals surface area contributed by atoms with Gasteiger partial charge >= 0.3 is 6.18 Å². The van der Waals surface area contributed by atoms with Crippen LogP contribution >= 0.6 is 11.6 Å². The van der Waals surface area contributed by atoms with E-state index in [9.17, 15) is 18.0 Å². The summed E-state index contributed by atoms with van der Waals surface area (Å²) in [6, 6.07) is 8.31. The molecule has 0 aliphatic carbocycles. The molecule has 1 N–H and O–H groups in total. The van der Waals surface area contributed by atoms with Gasteiger partial charge in [0.05, 0.1) is 16.9 Å². The molecule has 0 spiro atoms. The summed E-state index contributed by atoms with van der Waals surface area (Å²) < 4.78 is 39.5. The lowest BCUT2D eigenvalue weighted by atomic mass is 10.1. The molecule has 0 aromatic heterocycles. The normalized spacial score (nSPS) is 14.9. The number of hydrogen-bond donors (Lipinski definition) is 1. The average molecular weight is 397 g/mol. The van der Waals surface area contributed by atoms with Gasteiger partial charge in [0.1, 0.15) is 0 Å². The molecule has 7 heteroatoms. The molecule has 1 saturated heterocycles. The number of piperidine rings is 1. The fraction of sp³-hybridized carbons (Fsp3) is 0.350. The highest BCUT2D eigenvalue weighted by Crippen LogP contribution is 2.36. The van der Waals surface area contributed by atoms with Gasteiger partial charge in [-0.15, -0.1) is 0 Å². The molecule has 0 unspecified atom stereocenters. The van der Waals surface area contributed by atoms with E-state index in [4.69, 9.17) is 11.6 Å². The van der Waals surface area contributed by atoms with Crippen LogP contribution in [-0.4, -0.2) is 19.0 Å². The standard InChI is InChI=1S/C20H20ClF3N2O/c1-13-5-6-14(11-16(13)21)19(27)25-17-12-15(20(22,23)24)7-8-18(17)26-9-3-2-4-10-26/h5-8,11-12H,2-4,9-10H2,1H3,(H,25,27). The van der Waals surface area contributed by atoms with Crippen LogP contribution in [0.1, 0.15) is 40.7 Å². The van der Waals surface area contributed by atoms with E-state index < -0.39 is 17.6 Å². The number of amides is 1. The molecule has 27 heavy (non-hydrogen) atoms. The minimum atomic E-state index is -4.48. The number of carbonyl (C=O) groups excluding carboxylic acids is 1. The summed E-state index contributed by atoms with van der Waals surface area (Å²) in [6.45, 7) is 3.32. The van der Waals surface area contributed by atoms with E-state index in [0.29, 0.717) is 16.3 Å². The van der Waals surface area contributed by atoms with Crippen molar-refractivity contribution in [2.75, 3.05) is 23.3 Å². The van der Waals surface area contributed by atoms with Crippen molar-refractivity contribution in [3.05, 3.63) is 58.1 Å². The smallest absolute Gasteiger partial charge is 0.370 e. The van der Waals surface area contributed by atoms with Gasteiger partial charge in [-0.05, 0) is 62.1 Å². The van der Waals surface area contributed by atoms with Gasteiger partial charge in [-0.25, -0.2) is 0 Å². The third kappa shape index (κ3) is 4.56. The summed E-state index contributed by atoms with van der Waals surface area (Å²) in [7, 11) is 0. The first-order valence-corrected chi connectivity index (χ1v) is 9.17. The third-order valence-electron chi connectivity index (χ3n) is 4.70. The van der Waals surface area contributed by atoms with Crippen molar-refractivity contribution in [1.82, 2.24) is 0 Å². The zero-order valence-electron chi connectivity index (χ0n) is 14.9. The lowest BCUT2D eigenvalue weighted by Crippen LogP contribution is -2.30. The minimum absolute atomic E-state index is 0.161. The highest BCUT2D eigenvalue weighted by atomic mass is 35.5. The lowest BCUT2D eigenvalue weighted by Gasteiger charge is -2.31. The lowest BCUT2D eigenvalue weighted by molar-refractivity contribution is -0.137. The average Bonchev–Trinajstić information content (AvgIpc) is 2.64. The zero-order chi connectivity index (χ0) is 19.6. The Kier molecular flexibility index (Phi) is 5.65. The molecule has 0 saturated carbocycles. The van der Waals surface area contributed by atoms with Gasteiger partial charge < -0.3 is 10.2 Å². The topological polar surface area (TPSA) is 32.3 Å². The van der Waals surface area contributed by atoms with Crippen molar-refractivity contribution >= 4 is 28.9 Å². The highest BCUT2D eigenvalue weighted by molar-refractivity contribution is 6.31. The Morgan fingerprint density at radius 1 is 1.07 bits per heavy atom. The molecule has 0 radical (unpaired) electrons. The molecule has 3 nitrogen and oxygen atoms in total. The summed E-state index contributed by atoms with van der Waals surface area (Å²) in [5.74, 6) is -0.491. The Balaban J connectivity index is 1.94. The second kappa shape index (κ2) is 7.80. The fourth-order valence-corrected chi connectivity index (χ4v) is 3.33. The SMILES string of the molecule is Cc1ccc(C(=O)Nc2cc(C(F)(F)F)ccc2N2CCCCC2)cc1Cl. The third-order valence-corrected chi connectivity index (χ3v) is 5.11. The van der Waals surface area contributed by atoms with E-state index in [1.54, 1.807) is 12.1 Å². The van der Waals surface area contributed by atoms with E-state index in [1.807, 2.05) is 11.8 Å². The molecular formula is C20H20ClF3N2O. The van der Waals surface area contributed by atoms with E-state index in [0.717, 1.165) is 50.0 Å². The molecule has 1 amide bonds. The summed E-state index contributed by atoms with van der Waals surface area (Å²) in [5, 5.41) is 3.08. The maximum Gasteiger partial charge on any atom is 0.416 e. The van der Waals surface area contributed by atoms with Crippen molar-refractivity contribution in [2.24, 2.45) is 0 Å². The number of halogens is 4. The molecular weight excluding hydrogens is 377 g/mol. The number of nitrogens with zero attached hydrogens (tertiary/aromatic N) is 1. The number of hydrogen-bond acceptors (Lipinski definition) is 2. The van der Waals surface area contributed by atoms with Crippen LogP contribution in [0, 0.1) is 6.92 Å². The predicted molar refractivity (Wildman–Crippen MR) is 102 cm³/mol. The van der Waals surface area contributed by atoms with Gasteiger partial charge in [0.25, 0.3) is 5.91 Å². The van der Waals surface area contributed by atoms with Crippen molar-refractivity contribution in [2.45, 2.75) is 32.4 Å². The predicted octanol–water partition coefficient (Wildman–Crippen LogP) is 5.91. The Bertz CT molecular complexity index is 846. The molecule has 2 aromatic carbocycles. The molecule has 144 valence electrons. The first kappa shape index (κ1) is 19.5. The van der Waals surface area contributed by atoms with E-state index >= 15 is 0 Å². The van der Waals surface area contributed by atoms with Crippen LogP contribution < -0.4 is 10.2 Å². The van der Waals surface area contributed by atoms with Crippen molar-refractivity contribution in [1.29, 1.82) is 0 Å². The first-order valence-electron chi connectivity index (χ1n) is 8.79. The van der Waals surface area contributed by atoms with E-state index in [-0.39, 0.29) is 5.69 Å². The molecule has 1 aliphatic heterocycles. The number of rotatable bonds is 3. The molecule has 0 atom stereocenters. The summed E-state index contributed by atoms with van der Waals surface area (Å²) >= 11 is 6.06. The molecule has 0 bridgehead atoms. The Morgan fingerprint density at radius 3 is 2.41 bits per heavy atom. The molecule has 2 aromatic rings. The molecule has 1 aliphatic rings. The number of benzene rings is 2. The van der Waals surface area contributed by atoms with Gasteiger partial charge in [0.2, 0.25) is 0 Å². The van der Waals surface area contributed by atoms with Crippen LogP contribution in [0.2, 0.25) is 5.02 Å². The van der Waals surface area contributed by atoms with Crippen LogP contribution in [0.25, 0.3) is 0 Å². The second-order valence-corrected chi connectivity index (χ2v) is 7.10. The Labute approximate surface area is 161 Å². The number of nitrogens with one attached hydrogen (secondary N) is 1. The Hall–Kier alpha value is -2.21. The van der Waals surface area contributed by atoms with Crippen LogP contribution in [0.3, 0.4) is 0 Å². The van der Waals surface area contributed by atoms with Gasteiger partial charge in [-0.1, -0.05) is 17.7 Å². The highest BCUT2D eigenvalue weighted by Gasteiger charge is 2.32. The maximum atomic E-state index is 13.2. The Morgan fingerprint density at radius 2 is 1.78 bits per heavy atom. The van der Waals surface area contributed by atoms with Crippen molar-refractivity contribution in [3.8, 4) is 0 Å². The van der Waals surface area contributed by atoms with Gasteiger partial charge in [-0.2, -0.15) is 13.2 Å². The van der Waals surface area contributed by atoms with E-state index in [1.165, 1.54) is 12.1 Å². The monoisotopic (exact) mass is 396 g/mol. The van der Waals surface area contributed by atoms with Crippen LogP contribution in [-0.2, 0) is 6.18 Å². The summed E-state index contributed by atoms with van der Waals surface area (Å²) in [5.41, 5.74) is 1.09. The van der Waals surface area contributed by atoms with Crippen LogP contribution in [0.4, 0.5) is 24.5 Å². The zero-order valence-corrected chi connectivity index (χ0v) is 15.6. The largest absolute Gasteiger partial charge is 0.416 e.